The molecular formula is C10H11BN2O2S2. The molecule has 2 aromatic rings. The number of hydrogen-bond donors (Lipinski definition) is 2. The van der Waals surface area contributed by atoms with Gasteiger partial charge in [0.2, 0.25) is 0 Å². The number of hydrogen-bond acceptors (Lipinski definition) is 6. The van der Waals surface area contributed by atoms with Crippen LogP contribution in [-0.2, 0) is 5.75 Å². The average molecular weight is 266 g/mol. The van der Waals surface area contributed by atoms with E-state index in [0.717, 1.165) is 20.7 Å². The molecule has 0 spiro atoms. The van der Waals surface area contributed by atoms with Crippen LogP contribution >= 0.6 is 23.1 Å². The molecule has 2 N–H and O–H groups in total. The summed E-state index contributed by atoms with van der Waals surface area (Å²) in [6, 6.07) is 7.24. The second-order valence-corrected chi connectivity index (χ2v) is 5.90. The van der Waals surface area contributed by atoms with Crippen LogP contribution in [0.3, 0.4) is 0 Å². The lowest BCUT2D eigenvalue weighted by molar-refractivity contribution is 0.425. The average Bonchev–Trinajstić information content (AvgIpc) is 2.73. The van der Waals surface area contributed by atoms with Crippen molar-refractivity contribution in [3.05, 3.63) is 34.8 Å². The lowest BCUT2D eigenvalue weighted by atomic mass is 9.80. The monoisotopic (exact) mass is 266 g/mol. The molecular weight excluding hydrogens is 255 g/mol. The second-order valence-electron chi connectivity index (χ2n) is 3.49. The molecule has 4 nitrogen and oxygen atoms in total. The quantitative estimate of drug-likeness (QED) is 0.633. The Labute approximate surface area is 108 Å². The Morgan fingerprint density at radius 2 is 2.18 bits per heavy atom. The topological polar surface area (TPSA) is 66.2 Å². The van der Waals surface area contributed by atoms with Crippen LogP contribution in [-0.4, -0.2) is 27.4 Å². The van der Waals surface area contributed by atoms with Crippen LogP contribution in [0.2, 0.25) is 0 Å². The van der Waals surface area contributed by atoms with E-state index < -0.39 is 7.12 Å². The maximum Gasteiger partial charge on any atom is 0.488 e. The van der Waals surface area contributed by atoms with Gasteiger partial charge in [-0.25, -0.2) is 0 Å². The highest BCUT2D eigenvalue weighted by Crippen LogP contribution is 2.25. The van der Waals surface area contributed by atoms with Crippen molar-refractivity contribution in [3.8, 4) is 0 Å². The van der Waals surface area contributed by atoms with Crippen molar-refractivity contribution in [1.82, 2.24) is 10.2 Å². The Morgan fingerprint density at radius 1 is 1.35 bits per heavy atom. The van der Waals surface area contributed by atoms with Gasteiger partial charge in [0.1, 0.15) is 5.01 Å². The molecule has 2 rings (SSSR count). The maximum atomic E-state index is 9.07. The van der Waals surface area contributed by atoms with Crippen molar-refractivity contribution >= 4 is 35.7 Å². The summed E-state index contributed by atoms with van der Waals surface area (Å²) >= 11 is 3.16. The van der Waals surface area contributed by atoms with Crippen molar-refractivity contribution in [1.29, 1.82) is 0 Å². The van der Waals surface area contributed by atoms with Crippen molar-refractivity contribution in [3.63, 3.8) is 0 Å². The Balaban J connectivity index is 2.01. The molecule has 0 aliphatic heterocycles. The number of benzene rings is 1. The number of rotatable bonds is 4. The molecule has 7 heteroatoms. The standard InChI is InChI=1S/C10H11BN2O2S2/c1-7-12-13-10(17-7)16-6-8-3-2-4-9(5-8)11(14)15/h2-5,14-15H,6H2,1H3. The SMILES string of the molecule is Cc1nnc(SCc2cccc(B(O)O)c2)s1. The van der Waals surface area contributed by atoms with Crippen molar-refractivity contribution < 1.29 is 10.0 Å². The minimum Gasteiger partial charge on any atom is -0.423 e. The van der Waals surface area contributed by atoms with E-state index in [1.54, 1.807) is 35.2 Å². The smallest absolute Gasteiger partial charge is 0.423 e. The van der Waals surface area contributed by atoms with E-state index in [-0.39, 0.29) is 0 Å². The normalized spacial score (nSPS) is 10.5. The number of thioether (sulfide) groups is 1. The van der Waals surface area contributed by atoms with E-state index in [0.29, 0.717) is 5.46 Å². The molecule has 1 heterocycles. The van der Waals surface area contributed by atoms with E-state index >= 15 is 0 Å². The van der Waals surface area contributed by atoms with Gasteiger partial charge < -0.3 is 10.0 Å². The van der Waals surface area contributed by atoms with Gasteiger partial charge in [-0.1, -0.05) is 47.4 Å². The first-order chi connectivity index (χ1) is 8.15. The van der Waals surface area contributed by atoms with Gasteiger partial charge in [0.25, 0.3) is 0 Å². The van der Waals surface area contributed by atoms with E-state index in [2.05, 4.69) is 10.2 Å². The number of aryl methyl sites for hydroxylation is 1. The van der Waals surface area contributed by atoms with Crippen LogP contribution in [0.15, 0.2) is 28.6 Å². The third-order valence-electron chi connectivity index (χ3n) is 2.12. The molecule has 0 bridgehead atoms. The van der Waals surface area contributed by atoms with E-state index in [4.69, 9.17) is 10.0 Å². The van der Waals surface area contributed by atoms with Gasteiger partial charge in [0.15, 0.2) is 4.34 Å². The predicted octanol–water partition coefficient (Wildman–Crippen LogP) is 0.819. The van der Waals surface area contributed by atoms with Gasteiger partial charge >= 0.3 is 7.12 Å². The van der Waals surface area contributed by atoms with Crippen LogP contribution in [0, 0.1) is 6.92 Å². The first-order valence-electron chi connectivity index (χ1n) is 5.03. The molecule has 88 valence electrons. The van der Waals surface area contributed by atoms with E-state index in [1.165, 1.54) is 0 Å². The van der Waals surface area contributed by atoms with Gasteiger partial charge in [-0.2, -0.15) is 0 Å². The molecule has 17 heavy (non-hydrogen) atoms. The summed E-state index contributed by atoms with van der Waals surface area (Å²) in [6.07, 6.45) is 0. The Bertz CT molecular complexity index is 505. The first kappa shape index (κ1) is 12.6. The fourth-order valence-electron chi connectivity index (χ4n) is 1.33. The van der Waals surface area contributed by atoms with Crippen molar-refractivity contribution in [2.45, 2.75) is 17.0 Å². The van der Waals surface area contributed by atoms with Crippen molar-refractivity contribution in [2.24, 2.45) is 0 Å². The summed E-state index contributed by atoms with van der Waals surface area (Å²) in [4.78, 5) is 0. The first-order valence-corrected chi connectivity index (χ1v) is 6.83. The molecule has 0 aliphatic rings. The zero-order valence-electron chi connectivity index (χ0n) is 9.20. The Hall–Kier alpha value is -0.885. The summed E-state index contributed by atoms with van der Waals surface area (Å²) < 4.78 is 0.928. The number of nitrogens with zero attached hydrogens (tertiary/aromatic N) is 2. The van der Waals surface area contributed by atoms with Crippen LogP contribution < -0.4 is 5.46 Å². The van der Waals surface area contributed by atoms with E-state index in [1.807, 2.05) is 19.1 Å². The molecule has 0 radical (unpaired) electrons. The van der Waals surface area contributed by atoms with Gasteiger partial charge in [0.05, 0.1) is 0 Å². The zero-order valence-corrected chi connectivity index (χ0v) is 10.8. The summed E-state index contributed by atoms with van der Waals surface area (Å²) in [6.45, 7) is 1.92. The van der Waals surface area contributed by atoms with Crippen LogP contribution in [0.5, 0.6) is 0 Å². The second kappa shape index (κ2) is 5.64. The third-order valence-corrected chi connectivity index (χ3v) is 4.16. The molecule has 1 aromatic heterocycles. The summed E-state index contributed by atoms with van der Waals surface area (Å²) in [5.74, 6) is 0.745. The lowest BCUT2D eigenvalue weighted by Gasteiger charge is -2.02. The summed E-state index contributed by atoms with van der Waals surface area (Å²) in [5.41, 5.74) is 1.55. The number of aromatic nitrogens is 2. The molecule has 0 aliphatic carbocycles. The van der Waals surface area contributed by atoms with E-state index in [9.17, 15) is 0 Å². The highest BCUT2D eigenvalue weighted by Gasteiger charge is 2.11. The largest absolute Gasteiger partial charge is 0.488 e. The minimum absolute atomic E-state index is 0.511. The summed E-state index contributed by atoms with van der Waals surface area (Å²) in [5, 5.41) is 27.0. The predicted molar refractivity (Wildman–Crippen MR) is 70.5 cm³/mol. The van der Waals surface area contributed by atoms with Gasteiger partial charge in [-0.15, -0.1) is 10.2 Å². The fraction of sp³-hybridized carbons (Fsp3) is 0.200. The molecule has 0 unspecified atom stereocenters. The molecule has 0 fully saturated rings. The van der Waals surface area contributed by atoms with Gasteiger partial charge in [-0.3, -0.25) is 0 Å². The minimum atomic E-state index is -1.41. The molecule has 0 saturated heterocycles. The lowest BCUT2D eigenvalue weighted by Crippen LogP contribution is -2.29. The maximum absolute atomic E-state index is 9.07. The van der Waals surface area contributed by atoms with Crippen LogP contribution in [0.4, 0.5) is 0 Å². The molecule has 0 saturated carbocycles. The highest BCUT2D eigenvalue weighted by atomic mass is 32.2. The molecule has 1 aromatic carbocycles. The van der Waals surface area contributed by atoms with Gasteiger partial charge in [-0.05, 0) is 17.9 Å². The third kappa shape index (κ3) is 3.54. The van der Waals surface area contributed by atoms with Crippen molar-refractivity contribution in [2.75, 3.05) is 0 Å². The Kier molecular flexibility index (Phi) is 4.17. The molecule has 0 amide bonds. The fourth-order valence-corrected chi connectivity index (χ4v) is 3.08. The Morgan fingerprint density at radius 3 is 2.82 bits per heavy atom. The highest BCUT2D eigenvalue weighted by molar-refractivity contribution is 8.00. The van der Waals surface area contributed by atoms with Crippen LogP contribution in [0.1, 0.15) is 10.6 Å². The summed E-state index contributed by atoms with van der Waals surface area (Å²) in [7, 11) is -1.41. The zero-order chi connectivity index (χ0) is 12.3. The van der Waals surface area contributed by atoms with Crippen LogP contribution in [0.25, 0.3) is 0 Å². The molecule has 0 atom stereocenters. The van der Waals surface area contributed by atoms with Gasteiger partial charge in [0, 0.05) is 5.75 Å².